The molecule has 0 atom stereocenters. The molecule has 3 nitrogen and oxygen atoms in total. The molecule has 0 saturated carbocycles. The molecule has 0 bridgehead atoms. The second-order valence-corrected chi connectivity index (χ2v) is 3.34. The summed E-state index contributed by atoms with van der Waals surface area (Å²) in [4.78, 5) is 15.7. The van der Waals surface area contributed by atoms with Crippen molar-refractivity contribution in [1.82, 2.24) is 4.57 Å². The van der Waals surface area contributed by atoms with E-state index in [-0.39, 0.29) is 5.78 Å². The first-order valence-electron chi connectivity index (χ1n) is 4.50. The Morgan fingerprint density at radius 1 is 1.36 bits per heavy atom. The Labute approximate surface area is 81.1 Å². The lowest BCUT2D eigenvalue weighted by molar-refractivity contribution is 0.104. The molecule has 0 fully saturated rings. The summed E-state index contributed by atoms with van der Waals surface area (Å²) in [7, 11) is 0. The van der Waals surface area contributed by atoms with Crippen molar-refractivity contribution < 1.29 is 4.79 Å². The maximum atomic E-state index is 11.5. The number of aromatic nitrogens is 1. The number of hydrogen-bond acceptors (Lipinski definition) is 2. The Morgan fingerprint density at radius 3 is 3.21 bits per heavy atom. The molecule has 68 valence electrons. The fraction of sp³-hybridized carbons (Fsp3) is 0.0909. The van der Waals surface area contributed by atoms with Gasteiger partial charge in [-0.25, -0.2) is 0 Å². The first-order valence-corrected chi connectivity index (χ1v) is 4.50. The summed E-state index contributed by atoms with van der Waals surface area (Å²) in [6.07, 6.45) is 8.99. The summed E-state index contributed by atoms with van der Waals surface area (Å²) < 4.78 is 2.04. The fourth-order valence-electron chi connectivity index (χ4n) is 1.85. The lowest BCUT2D eigenvalue weighted by Gasteiger charge is -2.10. The van der Waals surface area contributed by atoms with Crippen molar-refractivity contribution in [1.29, 1.82) is 0 Å². The van der Waals surface area contributed by atoms with Gasteiger partial charge in [-0.2, -0.15) is 0 Å². The molecule has 0 aromatic carbocycles. The summed E-state index contributed by atoms with van der Waals surface area (Å²) in [6, 6.07) is 1.87. The Balaban J connectivity index is 2.34. The molecule has 1 aromatic heterocycles. The molecule has 0 spiro atoms. The molecule has 0 saturated heterocycles. The minimum absolute atomic E-state index is 0.0813. The highest BCUT2D eigenvalue weighted by Crippen LogP contribution is 2.27. The van der Waals surface area contributed by atoms with Crippen LogP contribution in [-0.4, -0.2) is 16.6 Å². The number of rotatable bonds is 0. The van der Waals surface area contributed by atoms with Crippen LogP contribution in [0.25, 0.3) is 5.57 Å². The van der Waals surface area contributed by atoms with Crippen LogP contribution in [0.4, 0.5) is 0 Å². The molecule has 0 amide bonds. The number of hydrogen-bond donors (Lipinski definition) is 0. The van der Waals surface area contributed by atoms with Gasteiger partial charge in [0.05, 0.1) is 12.2 Å². The highest BCUT2D eigenvalue weighted by molar-refractivity contribution is 6.12. The van der Waals surface area contributed by atoms with Crippen molar-refractivity contribution >= 4 is 17.6 Å². The Bertz CT molecular complexity index is 503. The van der Waals surface area contributed by atoms with Crippen LogP contribution >= 0.6 is 0 Å². The Morgan fingerprint density at radius 2 is 2.29 bits per heavy atom. The van der Waals surface area contributed by atoms with Crippen LogP contribution in [0, 0.1) is 0 Å². The van der Waals surface area contributed by atoms with E-state index in [0.29, 0.717) is 0 Å². The minimum Gasteiger partial charge on any atom is -0.341 e. The quantitative estimate of drug-likeness (QED) is 0.603. The van der Waals surface area contributed by atoms with Crippen LogP contribution in [0.15, 0.2) is 35.6 Å². The molecule has 14 heavy (non-hydrogen) atoms. The summed E-state index contributed by atoms with van der Waals surface area (Å²) in [5.41, 5.74) is 2.79. The molecule has 3 rings (SSSR count). The lowest BCUT2D eigenvalue weighted by Crippen LogP contribution is -2.07. The third kappa shape index (κ3) is 0.865. The maximum Gasteiger partial charge on any atom is 0.188 e. The molecule has 2 aliphatic rings. The number of allylic oxidation sites excluding steroid dienone is 3. The van der Waals surface area contributed by atoms with Gasteiger partial charge in [-0.15, -0.1) is 0 Å². The van der Waals surface area contributed by atoms with Crippen LogP contribution in [0.5, 0.6) is 0 Å². The molecular weight excluding hydrogens is 176 g/mol. The standard InChI is InChI=1S/C11H8N2O/c14-10-2-1-8-7-12-4-6-13-5-3-9(10)11(8)13/h1-5,7H,6H2. The van der Waals surface area contributed by atoms with Gasteiger partial charge in [0.1, 0.15) is 0 Å². The highest BCUT2D eigenvalue weighted by atomic mass is 16.1. The van der Waals surface area contributed by atoms with E-state index in [0.717, 1.165) is 23.4 Å². The van der Waals surface area contributed by atoms with E-state index < -0.39 is 0 Å². The second-order valence-electron chi connectivity index (χ2n) is 3.34. The zero-order valence-electron chi connectivity index (χ0n) is 7.47. The topological polar surface area (TPSA) is 34.4 Å². The molecular formula is C11H8N2O. The molecule has 1 aromatic rings. The predicted octanol–water partition coefficient (Wildman–Crippen LogP) is 1.67. The van der Waals surface area contributed by atoms with Gasteiger partial charge in [0.2, 0.25) is 0 Å². The van der Waals surface area contributed by atoms with Crippen LogP contribution in [0.3, 0.4) is 0 Å². The Hall–Kier alpha value is -1.90. The number of aliphatic imine (C=N–C) groups is 1. The van der Waals surface area contributed by atoms with Crippen molar-refractivity contribution in [3.63, 3.8) is 0 Å². The van der Waals surface area contributed by atoms with E-state index in [1.54, 1.807) is 12.3 Å². The fourth-order valence-corrected chi connectivity index (χ4v) is 1.85. The lowest BCUT2D eigenvalue weighted by atomic mass is 9.99. The van der Waals surface area contributed by atoms with E-state index in [1.165, 1.54) is 0 Å². The number of nitrogens with zero attached hydrogens (tertiary/aromatic N) is 2. The van der Waals surface area contributed by atoms with Gasteiger partial charge in [-0.1, -0.05) is 0 Å². The van der Waals surface area contributed by atoms with Gasteiger partial charge in [-0.3, -0.25) is 9.79 Å². The predicted molar refractivity (Wildman–Crippen MR) is 54.4 cm³/mol. The summed E-state index contributed by atoms with van der Waals surface area (Å²) in [6.45, 7) is 0.733. The normalized spacial score (nSPS) is 17.7. The smallest absolute Gasteiger partial charge is 0.188 e. The van der Waals surface area contributed by atoms with E-state index in [1.807, 2.05) is 29.1 Å². The van der Waals surface area contributed by atoms with E-state index >= 15 is 0 Å². The largest absolute Gasteiger partial charge is 0.341 e. The molecule has 2 heterocycles. The van der Waals surface area contributed by atoms with Gasteiger partial charge >= 0.3 is 0 Å². The van der Waals surface area contributed by atoms with Gasteiger partial charge < -0.3 is 4.57 Å². The minimum atomic E-state index is 0.0813. The van der Waals surface area contributed by atoms with E-state index in [9.17, 15) is 4.79 Å². The second kappa shape index (κ2) is 2.54. The summed E-state index contributed by atoms with van der Waals surface area (Å²) in [5.74, 6) is 0.0813. The average molecular weight is 184 g/mol. The molecule has 0 radical (unpaired) electrons. The van der Waals surface area contributed by atoms with Gasteiger partial charge in [0.25, 0.3) is 0 Å². The third-order valence-corrected chi connectivity index (χ3v) is 2.51. The molecule has 3 heteroatoms. The van der Waals surface area contributed by atoms with Gasteiger partial charge in [0, 0.05) is 29.7 Å². The zero-order chi connectivity index (χ0) is 9.54. The van der Waals surface area contributed by atoms with Crippen molar-refractivity contribution in [3.05, 3.63) is 41.9 Å². The van der Waals surface area contributed by atoms with Gasteiger partial charge in [0.15, 0.2) is 5.78 Å². The molecule has 0 N–H and O–H groups in total. The molecule has 1 aliphatic carbocycles. The molecule has 1 aliphatic heterocycles. The van der Waals surface area contributed by atoms with Crippen LogP contribution in [0.2, 0.25) is 0 Å². The third-order valence-electron chi connectivity index (χ3n) is 2.51. The first kappa shape index (κ1) is 7.50. The Kier molecular flexibility index (Phi) is 1.36. The highest BCUT2D eigenvalue weighted by Gasteiger charge is 2.20. The van der Waals surface area contributed by atoms with Crippen molar-refractivity contribution in [2.75, 3.05) is 0 Å². The van der Waals surface area contributed by atoms with E-state index in [2.05, 4.69) is 4.99 Å². The van der Waals surface area contributed by atoms with Gasteiger partial charge in [-0.05, 0) is 18.2 Å². The number of carbonyl (C=O) groups excluding carboxylic acids is 1. The maximum absolute atomic E-state index is 11.5. The van der Waals surface area contributed by atoms with Crippen LogP contribution in [0.1, 0.15) is 16.1 Å². The first-order chi connectivity index (χ1) is 6.86. The average Bonchev–Trinajstić information content (AvgIpc) is 2.51. The molecule has 0 unspecified atom stereocenters. The van der Waals surface area contributed by atoms with E-state index in [4.69, 9.17) is 0 Å². The van der Waals surface area contributed by atoms with Crippen LogP contribution < -0.4 is 0 Å². The van der Waals surface area contributed by atoms with Crippen LogP contribution in [-0.2, 0) is 6.54 Å². The zero-order valence-corrected chi connectivity index (χ0v) is 7.47. The SMILES string of the molecule is O=C1C=CC2=CN=CCn3ccc1c32. The van der Waals surface area contributed by atoms with Crippen molar-refractivity contribution in [2.24, 2.45) is 4.99 Å². The van der Waals surface area contributed by atoms with Crippen molar-refractivity contribution in [2.45, 2.75) is 6.54 Å². The number of carbonyl (C=O) groups is 1. The summed E-state index contributed by atoms with van der Waals surface area (Å²) in [5, 5.41) is 0. The number of ketones is 1. The monoisotopic (exact) mass is 184 g/mol. The summed E-state index contributed by atoms with van der Waals surface area (Å²) >= 11 is 0. The van der Waals surface area contributed by atoms with Crippen molar-refractivity contribution in [3.8, 4) is 0 Å².